The quantitative estimate of drug-likeness (QED) is 0.406. The van der Waals surface area contributed by atoms with Gasteiger partial charge in [0.1, 0.15) is 0 Å². The summed E-state index contributed by atoms with van der Waals surface area (Å²) in [5.41, 5.74) is 7.26. The molecule has 0 aliphatic rings. The summed E-state index contributed by atoms with van der Waals surface area (Å²) in [6.45, 7) is 1.85. The summed E-state index contributed by atoms with van der Waals surface area (Å²) in [6, 6.07) is 6.47. The number of aryl methyl sites for hydroxylation is 1. The monoisotopic (exact) mass is 308 g/mol. The number of rotatable bonds is 3. The first-order chi connectivity index (χ1) is 9.51. The SMILES string of the molecule is CSC(N)=Nc1nc(C)c(-c2cccc([N+](=O)[O-])c2)s1. The number of aliphatic imine (C=N–C) groups is 1. The molecule has 0 unspecified atom stereocenters. The zero-order chi connectivity index (χ0) is 14.7. The molecular formula is C12H12N4O2S2. The average molecular weight is 308 g/mol. The van der Waals surface area contributed by atoms with Crippen LogP contribution >= 0.6 is 23.1 Å². The van der Waals surface area contributed by atoms with E-state index >= 15 is 0 Å². The summed E-state index contributed by atoms with van der Waals surface area (Å²) >= 11 is 2.70. The van der Waals surface area contributed by atoms with Crippen molar-refractivity contribution in [3.63, 3.8) is 0 Å². The number of nitrogens with zero attached hydrogens (tertiary/aromatic N) is 3. The van der Waals surface area contributed by atoms with E-state index in [4.69, 9.17) is 5.73 Å². The average Bonchev–Trinajstić information content (AvgIpc) is 2.79. The van der Waals surface area contributed by atoms with Crippen molar-refractivity contribution < 1.29 is 4.92 Å². The summed E-state index contributed by atoms with van der Waals surface area (Å²) in [5.74, 6) is 0. The summed E-state index contributed by atoms with van der Waals surface area (Å²) in [5, 5.41) is 11.8. The molecule has 1 heterocycles. The molecule has 0 spiro atoms. The predicted molar refractivity (Wildman–Crippen MR) is 83.7 cm³/mol. The highest BCUT2D eigenvalue weighted by Gasteiger charge is 2.13. The second kappa shape index (κ2) is 6.02. The van der Waals surface area contributed by atoms with Gasteiger partial charge in [0.25, 0.3) is 5.69 Å². The minimum absolute atomic E-state index is 0.0592. The van der Waals surface area contributed by atoms with Crippen molar-refractivity contribution in [1.29, 1.82) is 0 Å². The molecule has 20 heavy (non-hydrogen) atoms. The van der Waals surface area contributed by atoms with E-state index in [1.165, 1.54) is 35.2 Å². The van der Waals surface area contributed by atoms with E-state index in [1.54, 1.807) is 6.07 Å². The number of hydrogen-bond donors (Lipinski definition) is 1. The number of aromatic nitrogens is 1. The number of hydrogen-bond acceptors (Lipinski definition) is 6. The number of amidine groups is 1. The Hall–Kier alpha value is -1.93. The molecular weight excluding hydrogens is 296 g/mol. The fourth-order valence-electron chi connectivity index (χ4n) is 1.60. The number of non-ortho nitro benzene ring substituents is 1. The molecule has 2 N–H and O–H groups in total. The van der Waals surface area contributed by atoms with Crippen LogP contribution in [0.3, 0.4) is 0 Å². The van der Waals surface area contributed by atoms with Gasteiger partial charge < -0.3 is 5.73 Å². The van der Waals surface area contributed by atoms with E-state index in [-0.39, 0.29) is 5.69 Å². The van der Waals surface area contributed by atoms with E-state index in [1.807, 2.05) is 19.2 Å². The molecule has 0 aliphatic carbocycles. The lowest BCUT2D eigenvalue weighted by Crippen LogP contribution is -2.03. The molecule has 104 valence electrons. The van der Waals surface area contributed by atoms with E-state index in [0.29, 0.717) is 10.3 Å². The van der Waals surface area contributed by atoms with E-state index < -0.39 is 4.92 Å². The van der Waals surface area contributed by atoms with Crippen LogP contribution in [0.4, 0.5) is 10.8 Å². The third-order valence-electron chi connectivity index (χ3n) is 2.52. The van der Waals surface area contributed by atoms with Crippen LogP contribution in [-0.4, -0.2) is 21.3 Å². The molecule has 0 saturated carbocycles. The van der Waals surface area contributed by atoms with Crippen LogP contribution in [0.25, 0.3) is 10.4 Å². The lowest BCUT2D eigenvalue weighted by molar-refractivity contribution is -0.384. The Bertz CT molecular complexity index is 682. The van der Waals surface area contributed by atoms with Crippen LogP contribution in [0, 0.1) is 17.0 Å². The number of nitro benzene ring substituents is 1. The van der Waals surface area contributed by atoms with Crippen LogP contribution < -0.4 is 5.73 Å². The molecule has 0 bridgehead atoms. The molecule has 2 aromatic rings. The molecule has 1 aromatic carbocycles. The first kappa shape index (κ1) is 14.5. The van der Waals surface area contributed by atoms with Gasteiger partial charge in [-0.1, -0.05) is 35.2 Å². The fourth-order valence-corrected chi connectivity index (χ4v) is 2.78. The second-order valence-electron chi connectivity index (χ2n) is 3.87. The van der Waals surface area contributed by atoms with Gasteiger partial charge in [-0.2, -0.15) is 4.99 Å². The van der Waals surface area contributed by atoms with Gasteiger partial charge in [0.2, 0.25) is 5.13 Å². The van der Waals surface area contributed by atoms with Crippen molar-refractivity contribution in [1.82, 2.24) is 4.98 Å². The third-order valence-corrected chi connectivity index (χ3v) is 4.13. The number of thioether (sulfide) groups is 1. The van der Waals surface area contributed by atoms with Crippen LogP contribution in [0.2, 0.25) is 0 Å². The van der Waals surface area contributed by atoms with Gasteiger partial charge in [0.15, 0.2) is 5.17 Å². The zero-order valence-electron chi connectivity index (χ0n) is 10.9. The fraction of sp³-hybridized carbons (Fsp3) is 0.167. The molecule has 2 rings (SSSR count). The minimum Gasteiger partial charge on any atom is -0.378 e. The molecule has 1 aromatic heterocycles. The zero-order valence-corrected chi connectivity index (χ0v) is 12.5. The molecule has 0 aliphatic heterocycles. The Kier molecular flexibility index (Phi) is 4.35. The molecule has 0 saturated heterocycles. The molecule has 0 atom stereocenters. The third kappa shape index (κ3) is 3.14. The second-order valence-corrected chi connectivity index (χ2v) is 5.68. The van der Waals surface area contributed by atoms with Crippen molar-refractivity contribution in [2.45, 2.75) is 6.92 Å². The van der Waals surface area contributed by atoms with Gasteiger partial charge in [-0.25, -0.2) is 4.98 Å². The van der Waals surface area contributed by atoms with Crippen molar-refractivity contribution in [3.05, 3.63) is 40.1 Å². The number of nitro groups is 1. The Labute approximate surface area is 123 Å². The highest BCUT2D eigenvalue weighted by Crippen LogP contribution is 2.35. The number of benzene rings is 1. The van der Waals surface area contributed by atoms with Gasteiger partial charge in [-0.05, 0) is 13.2 Å². The standard InChI is InChI=1S/C12H12N4O2S2/c1-7-10(20-12(14-7)15-11(13)19-2)8-4-3-5-9(6-8)16(17)18/h3-6H,1-2H3,(H2,13,14,15). The maximum Gasteiger partial charge on any atom is 0.270 e. The molecule has 0 fully saturated rings. The van der Waals surface area contributed by atoms with Crippen molar-refractivity contribution in [3.8, 4) is 10.4 Å². The lowest BCUT2D eigenvalue weighted by Gasteiger charge is -1.98. The van der Waals surface area contributed by atoms with Crippen LogP contribution in [-0.2, 0) is 0 Å². The van der Waals surface area contributed by atoms with Gasteiger partial charge in [-0.3, -0.25) is 10.1 Å². The lowest BCUT2D eigenvalue weighted by atomic mass is 10.1. The van der Waals surface area contributed by atoms with Crippen LogP contribution in [0.5, 0.6) is 0 Å². The van der Waals surface area contributed by atoms with Crippen molar-refractivity contribution >= 4 is 39.1 Å². The smallest absolute Gasteiger partial charge is 0.270 e. The van der Waals surface area contributed by atoms with Crippen LogP contribution in [0.1, 0.15) is 5.69 Å². The van der Waals surface area contributed by atoms with Crippen molar-refractivity contribution in [2.75, 3.05) is 6.26 Å². The maximum atomic E-state index is 10.8. The first-order valence-electron chi connectivity index (χ1n) is 5.61. The predicted octanol–water partition coefficient (Wildman–Crippen LogP) is 3.34. The van der Waals surface area contributed by atoms with E-state index in [0.717, 1.165) is 16.1 Å². The first-order valence-corrected chi connectivity index (χ1v) is 7.66. The number of nitrogens with two attached hydrogens (primary N) is 1. The van der Waals surface area contributed by atoms with E-state index in [9.17, 15) is 10.1 Å². The highest BCUT2D eigenvalue weighted by molar-refractivity contribution is 8.13. The maximum absolute atomic E-state index is 10.8. The van der Waals surface area contributed by atoms with Crippen molar-refractivity contribution in [2.24, 2.45) is 10.7 Å². The Balaban J connectivity index is 2.43. The largest absolute Gasteiger partial charge is 0.378 e. The summed E-state index contributed by atoms with van der Waals surface area (Å²) in [7, 11) is 0. The summed E-state index contributed by atoms with van der Waals surface area (Å²) in [6.07, 6.45) is 1.83. The van der Waals surface area contributed by atoms with Gasteiger partial charge in [-0.15, -0.1) is 0 Å². The summed E-state index contributed by atoms with van der Waals surface area (Å²) in [4.78, 5) is 19.8. The molecule has 8 heteroatoms. The molecule has 6 nitrogen and oxygen atoms in total. The van der Waals surface area contributed by atoms with Gasteiger partial charge in [0.05, 0.1) is 15.5 Å². The van der Waals surface area contributed by atoms with Crippen LogP contribution in [0.15, 0.2) is 29.3 Å². The molecule has 0 radical (unpaired) electrons. The molecule has 0 amide bonds. The summed E-state index contributed by atoms with van der Waals surface area (Å²) < 4.78 is 0. The van der Waals surface area contributed by atoms with Gasteiger partial charge in [0, 0.05) is 17.7 Å². The Morgan fingerprint density at radius 2 is 2.30 bits per heavy atom. The Morgan fingerprint density at radius 1 is 1.55 bits per heavy atom. The topological polar surface area (TPSA) is 94.4 Å². The Morgan fingerprint density at radius 3 is 2.95 bits per heavy atom. The van der Waals surface area contributed by atoms with E-state index in [2.05, 4.69) is 9.98 Å². The minimum atomic E-state index is -0.412. The number of thiazole rings is 1. The normalized spacial score (nSPS) is 11.6. The highest BCUT2D eigenvalue weighted by atomic mass is 32.2. The van der Waals surface area contributed by atoms with Gasteiger partial charge >= 0.3 is 0 Å².